The summed E-state index contributed by atoms with van der Waals surface area (Å²) >= 11 is 1.37. The summed E-state index contributed by atoms with van der Waals surface area (Å²) < 4.78 is 26.1. The molecular weight excluding hydrogens is 418 g/mol. The van der Waals surface area contributed by atoms with E-state index in [0.717, 1.165) is 21.9 Å². The van der Waals surface area contributed by atoms with Gasteiger partial charge in [0.15, 0.2) is 15.0 Å². The fourth-order valence-electron chi connectivity index (χ4n) is 3.79. The van der Waals surface area contributed by atoms with Gasteiger partial charge in [-0.15, -0.1) is 6.58 Å². The Labute approximate surface area is 180 Å². The third-order valence-corrected chi connectivity index (χ3v) is 7.84. The minimum atomic E-state index is -3.11. The minimum Gasteiger partial charge on any atom is -0.315 e. The number of imidazole rings is 1. The summed E-state index contributed by atoms with van der Waals surface area (Å²) in [4.78, 5) is 19.6. The molecule has 1 saturated heterocycles. The van der Waals surface area contributed by atoms with Crippen LogP contribution in [0.1, 0.15) is 6.42 Å². The predicted octanol–water partition coefficient (Wildman–Crippen LogP) is 3.53. The summed E-state index contributed by atoms with van der Waals surface area (Å²) in [5, 5.41) is 0.747. The standard InChI is InChI=1S/C22H23N3O3S2/c1-2-13-24-20-11-7-6-10-19(20)23-22(24)29-15-21(26)25(17-8-4-3-5-9-17)18-12-14-30(27,28)16-18/h2-11,18H,1,12-16H2. The van der Waals surface area contributed by atoms with Crippen LogP contribution < -0.4 is 4.90 Å². The molecule has 2 aromatic carbocycles. The van der Waals surface area contributed by atoms with Crippen LogP contribution in [0.2, 0.25) is 0 Å². The van der Waals surface area contributed by atoms with Crippen LogP contribution in [0.3, 0.4) is 0 Å². The third-order valence-electron chi connectivity index (χ3n) is 5.13. The lowest BCUT2D eigenvalue weighted by molar-refractivity contribution is -0.116. The number of hydrogen-bond acceptors (Lipinski definition) is 5. The number of carbonyl (C=O) groups is 1. The van der Waals surface area contributed by atoms with E-state index in [1.54, 1.807) is 11.0 Å². The van der Waals surface area contributed by atoms with Crippen molar-refractivity contribution in [2.45, 2.75) is 24.2 Å². The molecule has 0 aliphatic carbocycles. The minimum absolute atomic E-state index is 0.00722. The highest BCUT2D eigenvalue weighted by Gasteiger charge is 2.35. The average molecular weight is 442 g/mol. The molecule has 2 heterocycles. The first kappa shape index (κ1) is 20.7. The van der Waals surface area contributed by atoms with Gasteiger partial charge >= 0.3 is 0 Å². The maximum atomic E-state index is 13.3. The summed E-state index contributed by atoms with van der Waals surface area (Å²) in [5.41, 5.74) is 2.59. The Morgan fingerprint density at radius 1 is 1.20 bits per heavy atom. The van der Waals surface area contributed by atoms with Crippen molar-refractivity contribution in [1.29, 1.82) is 0 Å². The molecule has 0 bridgehead atoms. The molecule has 156 valence electrons. The van der Waals surface area contributed by atoms with Gasteiger partial charge in [0.2, 0.25) is 5.91 Å². The Morgan fingerprint density at radius 2 is 1.93 bits per heavy atom. The van der Waals surface area contributed by atoms with Crippen LogP contribution in [-0.2, 0) is 21.2 Å². The number of hydrogen-bond donors (Lipinski definition) is 0. The van der Waals surface area contributed by atoms with Gasteiger partial charge in [-0.25, -0.2) is 13.4 Å². The zero-order valence-electron chi connectivity index (χ0n) is 16.5. The first-order valence-corrected chi connectivity index (χ1v) is 12.6. The highest BCUT2D eigenvalue weighted by molar-refractivity contribution is 7.99. The highest BCUT2D eigenvalue weighted by Crippen LogP contribution is 2.28. The molecule has 8 heteroatoms. The number of benzene rings is 2. The van der Waals surface area contributed by atoms with Crippen molar-refractivity contribution >= 4 is 44.2 Å². The number of para-hydroxylation sites is 3. The Bertz CT molecular complexity index is 1170. The van der Waals surface area contributed by atoms with E-state index in [0.29, 0.717) is 13.0 Å². The first-order valence-electron chi connectivity index (χ1n) is 9.75. The van der Waals surface area contributed by atoms with Crippen molar-refractivity contribution < 1.29 is 13.2 Å². The Morgan fingerprint density at radius 3 is 2.63 bits per heavy atom. The summed E-state index contributed by atoms with van der Waals surface area (Å²) in [6.07, 6.45) is 2.27. The molecule has 1 aliphatic heterocycles. The Hall–Kier alpha value is -2.58. The topological polar surface area (TPSA) is 72.3 Å². The molecule has 6 nitrogen and oxygen atoms in total. The summed E-state index contributed by atoms with van der Waals surface area (Å²) in [6.45, 7) is 4.42. The van der Waals surface area contributed by atoms with E-state index in [9.17, 15) is 13.2 Å². The molecule has 0 radical (unpaired) electrons. The van der Waals surface area contributed by atoms with E-state index in [2.05, 4.69) is 11.6 Å². The monoisotopic (exact) mass is 441 g/mol. The fraction of sp³-hybridized carbons (Fsp3) is 0.273. The number of rotatable bonds is 7. The number of anilines is 1. The smallest absolute Gasteiger partial charge is 0.237 e. The lowest BCUT2D eigenvalue weighted by atomic mass is 10.2. The summed E-state index contributed by atoms with van der Waals surface area (Å²) in [7, 11) is -3.11. The average Bonchev–Trinajstić information content (AvgIpc) is 3.27. The van der Waals surface area contributed by atoms with Crippen molar-refractivity contribution in [3.8, 4) is 0 Å². The number of amides is 1. The quantitative estimate of drug-likeness (QED) is 0.414. The van der Waals surface area contributed by atoms with E-state index in [-0.39, 0.29) is 29.2 Å². The number of nitrogens with zero attached hydrogens (tertiary/aromatic N) is 3. The van der Waals surface area contributed by atoms with E-state index >= 15 is 0 Å². The molecule has 1 atom stereocenters. The molecule has 1 fully saturated rings. The zero-order chi connectivity index (χ0) is 21.1. The molecular formula is C22H23N3O3S2. The normalized spacial score (nSPS) is 17.8. The largest absolute Gasteiger partial charge is 0.315 e. The first-order chi connectivity index (χ1) is 14.5. The number of aromatic nitrogens is 2. The molecule has 4 rings (SSSR count). The van der Waals surface area contributed by atoms with E-state index < -0.39 is 9.84 Å². The van der Waals surface area contributed by atoms with Crippen LogP contribution in [0.15, 0.2) is 72.4 Å². The number of carbonyl (C=O) groups excluding carboxylic acids is 1. The second kappa shape index (κ2) is 8.65. The molecule has 30 heavy (non-hydrogen) atoms. The van der Waals surface area contributed by atoms with Crippen LogP contribution >= 0.6 is 11.8 Å². The van der Waals surface area contributed by atoms with Crippen molar-refractivity contribution in [2.75, 3.05) is 22.2 Å². The SMILES string of the molecule is C=CCn1c(SCC(=O)N(c2ccccc2)C2CCS(=O)(=O)C2)nc2ccccc21. The van der Waals surface area contributed by atoms with Crippen LogP contribution in [0.4, 0.5) is 5.69 Å². The summed E-state index contributed by atoms with van der Waals surface area (Å²) in [5.74, 6) is 0.181. The van der Waals surface area contributed by atoms with Crippen molar-refractivity contribution in [2.24, 2.45) is 0 Å². The van der Waals surface area contributed by atoms with Crippen LogP contribution in [0.25, 0.3) is 11.0 Å². The van der Waals surface area contributed by atoms with Gasteiger partial charge in [-0.05, 0) is 30.7 Å². The lowest BCUT2D eigenvalue weighted by Crippen LogP contribution is -2.42. The third kappa shape index (κ3) is 4.29. The van der Waals surface area contributed by atoms with Crippen molar-refractivity contribution in [3.05, 3.63) is 67.3 Å². The molecule has 1 aliphatic rings. The van der Waals surface area contributed by atoms with Gasteiger partial charge in [0.05, 0.1) is 34.3 Å². The van der Waals surface area contributed by atoms with Crippen molar-refractivity contribution in [1.82, 2.24) is 9.55 Å². The van der Waals surface area contributed by atoms with Gasteiger partial charge in [-0.2, -0.15) is 0 Å². The molecule has 3 aromatic rings. The second-order valence-electron chi connectivity index (χ2n) is 7.23. The van der Waals surface area contributed by atoms with Crippen LogP contribution in [0, 0.1) is 0 Å². The number of thioether (sulfide) groups is 1. The van der Waals surface area contributed by atoms with Gasteiger partial charge in [-0.1, -0.05) is 48.2 Å². The van der Waals surface area contributed by atoms with E-state index in [1.807, 2.05) is 59.2 Å². The van der Waals surface area contributed by atoms with Gasteiger partial charge < -0.3 is 9.47 Å². The highest BCUT2D eigenvalue weighted by atomic mass is 32.2. The van der Waals surface area contributed by atoms with Crippen LogP contribution in [-0.4, -0.2) is 47.2 Å². The number of fused-ring (bicyclic) bond motifs is 1. The maximum absolute atomic E-state index is 13.3. The van der Waals surface area contributed by atoms with Crippen molar-refractivity contribution in [3.63, 3.8) is 0 Å². The molecule has 0 spiro atoms. The predicted molar refractivity (Wildman–Crippen MR) is 122 cm³/mol. The molecule has 1 aromatic heterocycles. The van der Waals surface area contributed by atoms with Gasteiger partial charge in [0.1, 0.15) is 0 Å². The Kier molecular flexibility index (Phi) is 5.97. The van der Waals surface area contributed by atoms with E-state index in [4.69, 9.17) is 0 Å². The molecule has 1 amide bonds. The van der Waals surface area contributed by atoms with Gasteiger partial charge in [0.25, 0.3) is 0 Å². The molecule has 0 saturated carbocycles. The lowest BCUT2D eigenvalue weighted by Gasteiger charge is -2.28. The Balaban J connectivity index is 1.58. The fourth-order valence-corrected chi connectivity index (χ4v) is 6.37. The number of sulfone groups is 1. The van der Waals surface area contributed by atoms with E-state index in [1.165, 1.54) is 11.8 Å². The number of allylic oxidation sites excluding steroid dienone is 1. The maximum Gasteiger partial charge on any atom is 0.237 e. The van der Waals surface area contributed by atoms with Gasteiger partial charge in [-0.3, -0.25) is 4.79 Å². The molecule has 0 N–H and O–H groups in total. The second-order valence-corrected chi connectivity index (χ2v) is 10.4. The van der Waals surface area contributed by atoms with Gasteiger partial charge in [0, 0.05) is 12.2 Å². The summed E-state index contributed by atoms with van der Waals surface area (Å²) in [6, 6.07) is 16.8. The molecule has 1 unspecified atom stereocenters. The van der Waals surface area contributed by atoms with Crippen LogP contribution in [0.5, 0.6) is 0 Å². The zero-order valence-corrected chi connectivity index (χ0v) is 18.1.